The molecule has 0 aliphatic rings. The van der Waals surface area contributed by atoms with Gasteiger partial charge in [0, 0.05) is 25.5 Å². The first-order chi connectivity index (χ1) is 14.4. The van der Waals surface area contributed by atoms with Crippen LogP contribution in [-0.2, 0) is 16.0 Å². The third-order valence-electron chi connectivity index (χ3n) is 4.19. The van der Waals surface area contributed by atoms with Crippen LogP contribution in [0.5, 0.6) is 5.75 Å². The van der Waals surface area contributed by atoms with Crippen molar-refractivity contribution >= 4 is 18.2 Å². The molecule has 0 spiro atoms. The van der Waals surface area contributed by atoms with E-state index in [1.54, 1.807) is 19.2 Å². The summed E-state index contributed by atoms with van der Waals surface area (Å²) in [6, 6.07) is 5.92. The van der Waals surface area contributed by atoms with Gasteiger partial charge in [-0.05, 0) is 31.5 Å². The summed E-state index contributed by atoms with van der Waals surface area (Å²) in [7, 11) is 1.61. The molecule has 0 saturated carbocycles. The van der Waals surface area contributed by atoms with E-state index in [-0.39, 0.29) is 49.3 Å². The van der Waals surface area contributed by atoms with Crippen LogP contribution >= 0.6 is 0 Å². The fraction of sp³-hybridized carbons (Fsp3) is 0.381. The van der Waals surface area contributed by atoms with E-state index in [0.29, 0.717) is 22.8 Å². The zero-order valence-corrected chi connectivity index (χ0v) is 17.2. The van der Waals surface area contributed by atoms with Crippen molar-refractivity contribution in [2.75, 3.05) is 25.5 Å². The number of hydrogen-bond donors (Lipinski definition) is 2. The van der Waals surface area contributed by atoms with Crippen molar-refractivity contribution in [2.45, 2.75) is 32.8 Å². The number of anilines is 1. The Morgan fingerprint density at radius 3 is 2.63 bits per heavy atom. The number of rotatable bonds is 11. The van der Waals surface area contributed by atoms with Crippen LogP contribution in [0.25, 0.3) is 0 Å². The van der Waals surface area contributed by atoms with E-state index >= 15 is 0 Å². The van der Waals surface area contributed by atoms with Crippen LogP contribution in [0.1, 0.15) is 41.8 Å². The standard InChI is InChI=1S/C21H26FN3O5/c1-14(2)30-18-12-24-20(23-3)19(21(27)25(28)9-4-10-29-13-26)17(18)11-15-5-7-16(22)8-6-15/h5-8,12-14,28H,4,9-11H2,1-3H3,(H,23,24). The first kappa shape index (κ1) is 23.1. The summed E-state index contributed by atoms with van der Waals surface area (Å²) in [5.41, 5.74) is 1.43. The number of nitrogens with zero attached hydrogens (tertiary/aromatic N) is 2. The molecule has 0 radical (unpaired) electrons. The highest BCUT2D eigenvalue weighted by Crippen LogP contribution is 2.31. The number of hydroxylamine groups is 2. The highest BCUT2D eigenvalue weighted by Gasteiger charge is 2.26. The highest BCUT2D eigenvalue weighted by atomic mass is 19.1. The summed E-state index contributed by atoms with van der Waals surface area (Å²) in [5.74, 6) is -0.367. The van der Waals surface area contributed by atoms with Gasteiger partial charge in [0.25, 0.3) is 12.4 Å². The second kappa shape index (κ2) is 11.1. The maximum Gasteiger partial charge on any atom is 0.293 e. The third kappa shape index (κ3) is 6.15. The van der Waals surface area contributed by atoms with Crippen LogP contribution < -0.4 is 10.1 Å². The molecule has 0 atom stereocenters. The van der Waals surface area contributed by atoms with Gasteiger partial charge in [0.2, 0.25) is 0 Å². The SMILES string of the molecule is CNc1ncc(OC(C)C)c(Cc2ccc(F)cc2)c1C(=O)N(O)CCCOC=O. The molecular weight excluding hydrogens is 393 g/mol. The predicted octanol–water partition coefficient (Wildman–Crippen LogP) is 3.03. The van der Waals surface area contributed by atoms with Crippen molar-refractivity contribution in [3.63, 3.8) is 0 Å². The summed E-state index contributed by atoms with van der Waals surface area (Å²) in [6.07, 6.45) is 1.87. The Balaban J connectivity index is 2.44. The van der Waals surface area contributed by atoms with Crippen LogP contribution in [0.3, 0.4) is 0 Å². The number of pyridine rings is 1. The second-order valence-electron chi connectivity index (χ2n) is 6.79. The molecule has 1 heterocycles. The molecule has 1 aromatic heterocycles. The molecule has 0 fully saturated rings. The van der Waals surface area contributed by atoms with Gasteiger partial charge in [0.1, 0.15) is 17.4 Å². The molecule has 30 heavy (non-hydrogen) atoms. The highest BCUT2D eigenvalue weighted by molar-refractivity contribution is 6.00. The van der Waals surface area contributed by atoms with Crippen LogP contribution in [0.2, 0.25) is 0 Å². The van der Waals surface area contributed by atoms with E-state index in [0.717, 1.165) is 5.56 Å². The van der Waals surface area contributed by atoms with Gasteiger partial charge in [-0.3, -0.25) is 14.8 Å². The predicted molar refractivity (Wildman–Crippen MR) is 108 cm³/mol. The smallest absolute Gasteiger partial charge is 0.293 e. The van der Waals surface area contributed by atoms with Crippen molar-refractivity contribution < 1.29 is 28.7 Å². The summed E-state index contributed by atoms with van der Waals surface area (Å²) in [6.45, 7) is 4.03. The summed E-state index contributed by atoms with van der Waals surface area (Å²) in [5, 5.41) is 13.7. The summed E-state index contributed by atoms with van der Waals surface area (Å²) >= 11 is 0. The molecule has 2 aromatic rings. The monoisotopic (exact) mass is 419 g/mol. The van der Waals surface area contributed by atoms with E-state index in [2.05, 4.69) is 15.0 Å². The Morgan fingerprint density at radius 2 is 2.03 bits per heavy atom. The van der Waals surface area contributed by atoms with Crippen LogP contribution in [0.15, 0.2) is 30.5 Å². The molecule has 0 unspecified atom stereocenters. The number of nitrogens with one attached hydrogen (secondary N) is 1. The number of ether oxygens (including phenoxy) is 2. The number of carbonyl (C=O) groups is 2. The molecule has 0 bridgehead atoms. The van der Waals surface area contributed by atoms with Crippen molar-refractivity contribution in [3.8, 4) is 5.75 Å². The molecule has 0 aliphatic heterocycles. The lowest BCUT2D eigenvalue weighted by molar-refractivity contribution is -0.129. The largest absolute Gasteiger partial charge is 0.489 e. The van der Waals surface area contributed by atoms with Crippen LogP contribution in [0, 0.1) is 5.82 Å². The van der Waals surface area contributed by atoms with Gasteiger partial charge in [0.05, 0.1) is 31.0 Å². The molecular formula is C21H26FN3O5. The lowest BCUT2D eigenvalue weighted by Gasteiger charge is -2.22. The minimum absolute atomic E-state index is 0.0406. The maximum absolute atomic E-state index is 13.3. The lowest BCUT2D eigenvalue weighted by Crippen LogP contribution is -2.31. The average Bonchev–Trinajstić information content (AvgIpc) is 2.72. The van der Waals surface area contributed by atoms with E-state index in [1.807, 2.05) is 13.8 Å². The molecule has 0 aliphatic carbocycles. The van der Waals surface area contributed by atoms with E-state index in [1.165, 1.54) is 18.3 Å². The van der Waals surface area contributed by atoms with Gasteiger partial charge < -0.3 is 14.8 Å². The van der Waals surface area contributed by atoms with Gasteiger partial charge in [-0.1, -0.05) is 12.1 Å². The number of halogens is 1. The average molecular weight is 419 g/mol. The van der Waals surface area contributed by atoms with Crippen molar-refractivity contribution in [3.05, 3.63) is 53.0 Å². The molecule has 8 nitrogen and oxygen atoms in total. The van der Waals surface area contributed by atoms with Gasteiger partial charge in [-0.15, -0.1) is 0 Å². The fourth-order valence-electron chi connectivity index (χ4n) is 2.87. The minimum atomic E-state index is -0.677. The zero-order valence-electron chi connectivity index (χ0n) is 17.2. The summed E-state index contributed by atoms with van der Waals surface area (Å²) in [4.78, 5) is 27.5. The molecule has 2 rings (SSSR count). The van der Waals surface area contributed by atoms with Gasteiger partial charge in [0.15, 0.2) is 0 Å². The van der Waals surface area contributed by atoms with E-state index < -0.39 is 5.91 Å². The Kier molecular flexibility index (Phi) is 8.54. The third-order valence-corrected chi connectivity index (χ3v) is 4.19. The first-order valence-corrected chi connectivity index (χ1v) is 9.54. The normalized spacial score (nSPS) is 10.6. The lowest BCUT2D eigenvalue weighted by atomic mass is 9.98. The topological polar surface area (TPSA) is 101 Å². The van der Waals surface area contributed by atoms with Crippen molar-refractivity contribution in [1.82, 2.24) is 10.0 Å². The quantitative estimate of drug-likeness (QED) is 0.250. The summed E-state index contributed by atoms with van der Waals surface area (Å²) < 4.78 is 23.7. The van der Waals surface area contributed by atoms with E-state index in [9.17, 15) is 19.2 Å². The zero-order chi connectivity index (χ0) is 22.1. The molecule has 0 saturated heterocycles. The molecule has 1 amide bonds. The Bertz CT molecular complexity index is 858. The Hall–Kier alpha value is -3.20. The Morgan fingerprint density at radius 1 is 1.33 bits per heavy atom. The van der Waals surface area contributed by atoms with E-state index in [4.69, 9.17) is 4.74 Å². The fourth-order valence-corrected chi connectivity index (χ4v) is 2.87. The van der Waals surface area contributed by atoms with Gasteiger partial charge >= 0.3 is 0 Å². The molecule has 1 aromatic carbocycles. The van der Waals surface area contributed by atoms with Gasteiger partial charge in [-0.2, -0.15) is 0 Å². The molecule has 9 heteroatoms. The van der Waals surface area contributed by atoms with Gasteiger partial charge in [-0.25, -0.2) is 14.4 Å². The maximum atomic E-state index is 13.3. The molecule has 2 N–H and O–H groups in total. The minimum Gasteiger partial charge on any atom is -0.489 e. The van der Waals surface area contributed by atoms with Crippen molar-refractivity contribution in [2.24, 2.45) is 0 Å². The number of hydrogen-bond acceptors (Lipinski definition) is 7. The van der Waals surface area contributed by atoms with Crippen molar-refractivity contribution in [1.29, 1.82) is 0 Å². The number of amides is 1. The number of carbonyl (C=O) groups excluding carboxylic acids is 2. The second-order valence-corrected chi connectivity index (χ2v) is 6.79. The number of benzene rings is 1. The Labute approximate surface area is 174 Å². The first-order valence-electron chi connectivity index (χ1n) is 9.54. The van der Waals surface area contributed by atoms with Crippen LogP contribution in [0.4, 0.5) is 10.2 Å². The number of aromatic nitrogens is 1. The molecule has 162 valence electrons. The van der Waals surface area contributed by atoms with Crippen LogP contribution in [-0.4, -0.2) is 53.9 Å².